The molecule has 0 aliphatic heterocycles. The van der Waals surface area contributed by atoms with Crippen LogP contribution >= 0.6 is 0 Å². The molecule has 80 valence electrons. The lowest BCUT2D eigenvalue weighted by molar-refractivity contribution is 0.0510. The molecule has 1 unspecified atom stereocenters. The van der Waals surface area contributed by atoms with Gasteiger partial charge in [0.25, 0.3) is 0 Å². The Bertz CT molecular complexity index is 239. The number of ether oxygens (including phenoxy) is 1. The van der Waals surface area contributed by atoms with E-state index in [1.54, 1.807) is 27.7 Å². The van der Waals surface area contributed by atoms with Crippen molar-refractivity contribution in [1.29, 1.82) is 0 Å². The van der Waals surface area contributed by atoms with E-state index in [-0.39, 0.29) is 12.6 Å². The molecule has 0 radical (unpaired) electrons. The number of hydrogen-bond acceptors (Lipinski definition) is 4. The molecule has 0 aromatic carbocycles. The van der Waals surface area contributed by atoms with Crippen LogP contribution in [0.4, 0.5) is 4.79 Å². The van der Waals surface area contributed by atoms with Crippen molar-refractivity contribution >= 4 is 12.2 Å². The van der Waals surface area contributed by atoms with Gasteiger partial charge in [-0.1, -0.05) is 0 Å². The molecule has 0 aliphatic rings. The minimum Gasteiger partial charge on any atom is -0.444 e. The van der Waals surface area contributed by atoms with Crippen LogP contribution in [0.15, 0.2) is 4.99 Å². The largest absolute Gasteiger partial charge is 0.444 e. The second-order valence-electron chi connectivity index (χ2n) is 3.98. The summed E-state index contributed by atoms with van der Waals surface area (Å²) in [5, 5.41) is 2.54. The van der Waals surface area contributed by atoms with Crippen LogP contribution in [0.2, 0.25) is 0 Å². The summed E-state index contributed by atoms with van der Waals surface area (Å²) in [4.78, 5) is 24.3. The van der Waals surface area contributed by atoms with E-state index >= 15 is 0 Å². The molecule has 5 nitrogen and oxygen atoms in total. The number of carbonyl (C=O) groups excluding carboxylic acids is 2. The summed E-state index contributed by atoms with van der Waals surface area (Å²) in [6.07, 6.45) is 0.895. The van der Waals surface area contributed by atoms with E-state index in [0.29, 0.717) is 0 Å². The number of nitrogens with zero attached hydrogens (tertiary/aromatic N) is 1. The second-order valence-corrected chi connectivity index (χ2v) is 3.98. The third kappa shape index (κ3) is 7.31. The fourth-order valence-corrected chi connectivity index (χ4v) is 0.729. The molecule has 0 spiro atoms. The molecule has 5 heteroatoms. The van der Waals surface area contributed by atoms with Gasteiger partial charge in [0, 0.05) is 6.04 Å². The minimum absolute atomic E-state index is 0.211. The summed E-state index contributed by atoms with van der Waals surface area (Å²) < 4.78 is 5.00. The van der Waals surface area contributed by atoms with Crippen LogP contribution in [0.3, 0.4) is 0 Å². The molecular weight excluding hydrogens is 184 g/mol. The van der Waals surface area contributed by atoms with Crippen LogP contribution in [0.5, 0.6) is 0 Å². The van der Waals surface area contributed by atoms with Crippen LogP contribution in [-0.4, -0.2) is 30.4 Å². The molecule has 0 aromatic rings. The summed E-state index contributed by atoms with van der Waals surface area (Å²) in [6, 6.07) is -0.230. The van der Waals surface area contributed by atoms with E-state index in [1.807, 2.05) is 0 Å². The molecule has 0 bridgehead atoms. The molecule has 0 aliphatic carbocycles. The van der Waals surface area contributed by atoms with E-state index in [4.69, 9.17) is 4.74 Å². The maximum Gasteiger partial charge on any atom is 0.407 e. The lowest BCUT2D eigenvalue weighted by Crippen LogP contribution is -2.38. The third-order valence-corrected chi connectivity index (χ3v) is 1.19. The zero-order chi connectivity index (χ0) is 11.2. The van der Waals surface area contributed by atoms with Crippen LogP contribution in [0, 0.1) is 0 Å². The van der Waals surface area contributed by atoms with Gasteiger partial charge in [-0.15, -0.1) is 0 Å². The lowest BCUT2D eigenvalue weighted by atomic mass is 10.2. The van der Waals surface area contributed by atoms with Crippen molar-refractivity contribution in [2.24, 2.45) is 4.99 Å². The van der Waals surface area contributed by atoms with E-state index in [2.05, 4.69) is 10.3 Å². The molecule has 14 heavy (non-hydrogen) atoms. The lowest BCUT2D eigenvalue weighted by Gasteiger charge is -2.21. The number of hydrogen-bond donors (Lipinski definition) is 1. The van der Waals surface area contributed by atoms with Crippen molar-refractivity contribution in [1.82, 2.24) is 5.32 Å². The Morgan fingerprint density at radius 2 is 2.14 bits per heavy atom. The molecule has 0 aromatic heterocycles. The number of aliphatic imine (C=N–C) groups is 1. The molecule has 0 fully saturated rings. The Morgan fingerprint density at radius 3 is 2.57 bits per heavy atom. The molecule has 0 saturated heterocycles. The molecule has 1 amide bonds. The maximum absolute atomic E-state index is 11.2. The Kier molecular flexibility index (Phi) is 4.87. The first-order valence-corrected chi connectivity index (χ1v) is 4.38. The van der Waals surface area contributed by atoms with Crippen molar-refractivity contribution in [2.75, 3.05) is 6.54 Å². The Labute approximate surface area is 83.5 Å². The zero-order valence-corrected chi connectivity index (χ0v) is 8.96. The van der Waals surface area contributed by atoms with Gasteiger partial charge in [-0.3, -0.25) is 0 Å². The normalized spacial score (nSPS) is 12.6. The van der Waals surface area contributed by atoms with Crippen molar-refractivity contribution in [3.05, 3.63) is 0 Å². The molecular formula is C9H16N2O3. The van der Waals surface area contributed by atoms with Gasteiger partial charge in [-0.2, -0.15) is 0 Å². The van der Waals surface area contributed by atoms with Gasteiger partial charge in [0.15, 0.2) is 0 Å². The van der Waals surface area contributed by atoms with E-state index in [9.17, 15) is 9.59 Å². The quantitative estimate of drug-likeness (QED) is 0.550. The predicted molar refractivity (Wildman–Crippen MR) is 51.8 cm³/mol. The topological polar surface area (TPSA) is 67.8 Å². The molecule has 0 heterocycles. The fourth-order valence-electron chi connectivity index (χ4n) is 0.729. The highest BCUT2D eigenvalue weighted by Gasteiger charge is 2.17. The Hall–Kier alpha value is -1.35. The van der Waals surface area contributed by atoms with Crippen molar-refractivity contribution < 1.29 is 14.3 Å². The molecule has 1 N–H and O–H groups in total. The minimum atomic E-state index is -0.516. The molecule has 0 rings (SSSR count). The number of carbonyl (C=O) groups is 1. The van der Waals surface area contributed by atoms with Crippen molar-refractivity contribution in [3.63, 3.8) is 0 Å². The summed E-state index contributed by atoms with van der Waals surface area (Å²) in [5.74, 6) is 0. The highest BCUT2D eigenvalue weighted by Crippen LogP contribution is 2.06. The van der Waals surface area contributed by atoms with E-state index < -0.39 is 11.7 Å². The van der Waals surface area contributed by atoms with Gasteiger partial charge in [-0.05, 0) is 27.7 Å². The first-order valence-electron chi connectivity index (χ1n) is 4.38. The summed E-state index contributed by atoms with van der Waals surface area (Å²) in [6.45, 7) is 7.27. The average Bonchev–Trinajstić information content (AvgIpc) is 1.96. The summed E-state index contributed by atoms with van der Waals surface area (Å²) in [5.41, 5.74) is -0.516. The fraction of sp³-hybridized carbons (Fsp3) is 0.778. The Morgan fingerprint density at radius 1 is 1.57 bits per heavy atom. The zero-order valence-electron chi connectivity index (χ0n) is 8.96. The van der Waals surface area contributed by atoms with Crippen molar-refractivity contribution in [2.45, 2.75) is 39.3 Å². The number of isocyanates is 1. The number of nitrogens with one attached hydrogen (secondary N) is 1. The van der Waals surface area contributed by atoms with Crippen molar-refractivity contribution in [3.8, 4) is 0 Å². The van der Waals surface area contributed by atoms with Gasteiger partial charge < -0.3 is 10.1 Å². The smallest absolute Gasteiger partial charge is 0.407 e. The predicted octanol–water partition coefficient (Wildman–Crippen LogP) is 1.24. The van der Waals surface area contributed by atoms with Gasteiger partial charge in [0.1, 0.15) is 5.60 Å². The molecule has 1 atom stereocenters. The summed E-state index contributed by atoms with van der Waals surface area (Å²) in [7, 11) is 0. The SMILES string of the molecule is CC(CN=C=O)NC(=O)OC(C)(C)C. The highest BCUT2D eigenvalue weighted by atomic mass is 16.6. The summed E-state index contributed by atoms with van der Waals surface area (Å²) >= 11 is 0. The third-order valence-electron chi connectivity index (χ3n) is 1.19. The number of alkyl carbamates (subject to hydrolysis) is 1. The second kappa shape index (κ2) is 5.40. The van der Waals surface area contributed by atoms with Gasteiger partial charge in [0.05, 0.1) is 6.54 Å². The van der Waals surface area contributed by atoms with Gasteiger partial charge in [-0.25, -0.2) is 14.6 Å². The standard InChI is InChI=1S/C9H16N2O3/c1-7(5-10-6-12)11-8(13)14-9(2,3)4/h7H,5H2,1-4H3,(H,11,13). The number of amides is 1. The van der Waals surface area contributed by atoms with Crippen LogP contribution in [0.1, 0.15) is 27.7 Å². The van der Waals surface area contributed by atoms with E-state index in [0.717, 1.165) is 0 Å². The Balaban J connectivity index is 3.88. The maximum atomic E-state index is 11.2. The van der Waals surface area contributed by atoms with Crippen LogP contribution in [0.25, 0.3) is 0 Å². The average molecular weight is 200 g/mol. The van der Waals surface area contributed by atoms with Crippen LogP contribution in [-0.2, 0) is 9.53 Å². The van der Waals surface area contributed by atoms with Crippen LogP contribution < -0.4 is 5.32 Å². The highest BCUT2D eigenvalue weighted by molar-refractivity contribution is 5.68. The number of rotatable bonds is 3. The first-order chi connectivity index (χ1) is 6.35. The van der Waals surface area contributed by atoms with Gasteiger partial charge >= 0.3 is 6.09 Å². The van der Waals surface area contributed by atoms with E-state index in [1.165, 1.54) is 6.08 Å². The molecule has 0 saturated carbocycles. The monoisotopic (exact) mass is 200 g/mol. The van der Waals surface area contributed by atoms with Gasteiger partial charge in [0.2, 0.25) is 6.08 Å². The first kappa shape index (κ1) is 12.7.